The first-order valence-electron chi connectivity index (χ1n) is 6.47. The van der Waals surface area contributed by atoms with Crippen LogP contribution in [0.15, 0.2) is 29.2 Å². The standard InChI is InChI=1S/C15H15NO4S2/c1-9(14(18)20-3)16-13(17)12(22-15(16)21)8-10-6-4-5-7-11(10)19-2/h4-9H,1-3H3/b12-8-/t9-/m0/s1. The van der Waals surface area contributed by atoms with Gasteiger partial charge >= 0.3 is 5.97 Å². The number of thioether (sulfide) groups is 1. The molecule has 0 saturated carbocycles. The average molecular weight is 337 g/mol. The van der Waals surface area contributed by atoms with Crippen molar-refractivity contribution < 1.29 is 19.1 Å². The van der Waals surface area contributed by atoms with Gasteiger partial charge in [-0.3, -0.25) is 9.69 Å². The predicted octanol–water partition coefficient (Wildman–Crippen LogP) is 2.46. The Morgan fingerprint density at radius 2 is 2.05 bits per heavy atom. The van der Waals surface area contributed by atoms with Crippen LogP contribution in [-0.4, -0.2) is 41.4 Å². The topological polar surface area (TPSA) is 55.8 Å². The lowest BCUT2D eigenvalue weighted by Gasteiger charge is -2.20. The van der Waals surface area contributed by atoms with Gasteiger partial charge in [0.25, 0.3) is 5.91 Å². The summed E-state index contributed by atoms with van der Waals surface area (Å²) < 4.78 is 10.3. The smallest absolute Gasteiger partial charge is 0.328 e. The molecule has 5 nitrogen and oxygen atoms in total. The maximum atomic E-state index is 12.5. The monoisotopic (exact) mass is 337 g/mol. The minimum absolute atomic E-state index is 0.307. The molecule has 1 aromatic carbocycles. The summed E-state index contributed by atoms with van der Waals surface area (Å²) in [6.45, 7) is 1.59. The van der Waals surface area contributed by atoms with Crippen molar-refractivity contribution in [2.24, 2.45) is 0 Å². The summed E-state index contributed by atoms with van der Waals surface area (Å²) in [5.41, 5.74) is 0.774. The van der Waals surface area contributed by atoms with E-state index in [1.165, 1.54) is 12.0 Å². The Balaban J connectivity index is 2.32. The summed E-state index contributed by atoms with van der Waals surface area (Å²) >= 11 is 6.36. The SMILES string of the molecule is COC(=O)[C@H](C)N1C(=O)/C(=C/c2ccccc2OC)SC1=S. The fourth-order valence-electron chi connectivity index (χ4n) is 2.02. The molecule has 1 heterocycles. The molecule has 0 spiro atoms. The van der Waals surface area contributed by atoms with Gasteiger partial charge in [-0.2, -0.15) is 0 Å². The van der Waals surface area contributed by atoms with Crippen molar-refractivity contribution in [1.82, 2.24) is 4.90 Å². The van der Waals surface area contributed by atoms with Crippen LogP contribution in [0.3, 0.4) is 0 Å². The normalized spacial score (nSPS) is 17.8. The number of esters is 1. The van der Waals surface area contributed by atoms with E-state index in [4.69, 9.17) is 17.0 Å². The molecule has 0 radical (unpaired) electrons. The highest BCUT2D eigenvalue weighted by Gasteiger charge is 2.38. The Bertz CT molecular complexity index is 657. The van der Waals surface area contributed by atoms with E-state index in [1.807, 2.05) is 24.3 Å². The Kier molecular flexibility index (Phi) is 5.20. The number of rotatable bonds is 4. The summed E-state index contributed by atoms with van der Waals surface area (Å²) in [6, 6.07) is 6.60. The van der Waals surface area contributed by atoms with Gasteiger partial charge in [0.15, 0.2) is 0 Å². The van der Waals surface area contributed by atoms with Crippen molar-refractivity contribution in [2.45, 2.75) is 13.0 Å². The van der Waals surface area contributed by atoms with Crippen LogP contribution in [-0.2, 0) is 14.3 Å². The lowest BCUT2D eigenvalue weighted by Crippen LogP contribution is -2.42. The van der Waals surface area contributed by atoms with Crippen molar-refractivity contribution in [1.29, 1.82) is 0 Å². The zero-order valence-corrected chi connectivity index (χ0v) is 14.0. The summed E-state index contributed by atoms with van der Waals surface area (Å²) in [5, 5.41) is 0. The largest absolute Gasteiger partial charge is 0.496 e. The predicted molar refractivity (Wildman–Crippen MR) is 89.5 cm³/mol. The van der Waals surface area contributed by atoms with E-state index in [0.717, 1.165) is 17.3 Å². The highest BCUT2D eigenvalue weighted by Crippen LogP contribution is 2.35. The van der Waals surface area contributed by atoms with E-state index in [1.54, 1.807) is 20.1 Å². The lowest BCUT2D eigenvalue weighted by atomic mass is 10.2. The van der Waals surface area contributed by atoms with Crippen LogP contribution in [0, 0.1) is 0 Å². The Labute approximate surface area is 138 Å². The second kappa shape index (κ2) is 6.93. The third-order valence-electron chi connectivity index (χ3n) is 3.18. The number of benzene rings is 1. The maximum absolute atomic E-state index is 12.5. The van der Waals surface area contributed by atoms with Gasteiger partial charge in [0.05, 0.1) is 19.1 Å². The first-order chi connectivity index (χ1) is 10.5. The van der Waals surface area contributed by atoms with Crippen molar-refractivity contribution in [3.63, 3.8) is 0 Å². The van der Waals surface area contributed by atoms with E-state index >= 15 is 0 Å². The number of ether oxygens (including phenoxy) is 2. The minimum atomic E-state index is -0.749. The van der Waals surface area contributed by atoms with Crippen LogP contribution in [0.2, 0.25) is 0 Å². The van der Waals surface area contributed by atoms with Gasteiger partial charge in [0.1, 0.15) is 16.1 Å². The number of carbonyl (C=O) groups is 2. The summed E-state index contributed by atoms with van der Waals surface area (Å²) in [5.74, 6) is -0.151. The molecule has 0 bridgehead atoms. The molecule has 116 valence electrons. The molecule has 7 heteroatoms. The Morgan fingerprint density at radius 3 is 2.68 bits per heavy atom. The molecular formula is C15H15NO4S2. The van der Waals surface area contributed by atoms with Crippen molar-refractivity contribution in [3.05, 3.63) is 34.7 Å². The molecule has 0 aromatic heterocycles. The van der Waals surface area contributed by atoms with Crippen LogP contribution in [0.1, 0.15) is 12.5 Å². The van der Waals surface area contributed by atoms with E-state index in [-0.39, 0.29) is 5.91 Å². The highest BCUT2D eigenvalue weighted by atomic mass is 32.2. The molecule has 0 aliphatic carbocycles. The van der Waals surface area contributed by atoms with E-state index < -0.39 is 12.0 Å². The summed E-state index contributed by atoms with van der Waals surface area (Å²) in [4.78, 5) is 25.8. The molecule has 1 aliphatic rings. The number of carbonyl (C=O) groups excluding carboxylic acids is 2. The van der Waals surface area contributed by atoms with Crippen LogP contribution >= 0.6 is 24.0 Å². The summed E-state index contributed by atoms with van der Waals surface area (Å²) in [7, 11) is 2.85. The maximum Gasteiger partial charge on any atom is 0.328 e. The van der Waals surface area contributed by atoms with Crippen LogP contribution in [0.5, 0.6) is 5.75 Å². The number of methoxy groups -OCH3 is 2. The zero-order chi connectivity index (χ0) is 16.3. The fraction of sp³-hybridized carbons (Fsp3) is 0.267. The molecule has 1 saturated heterocycles. The highest BCUT2D eigenvalue weighted by molar-refractivity contribution is 8.26. The third-order valence-corrected chi connectivity index (χ3v) is 4.51. The lowest BCUT2D eigenvalue weighted by molar-refractivity contribution is -0.147. The number of amides is 1. The van der Waals surface area contributed by atoms with Crippen LogP contribution < -0.4 is 4.74 Å². The summed E-state index contributed by atoms with van der Waals surface area (Å²) in [6.07, 6.45) is 1.71. The van der Waals surface area contributed by atoms with Gasteiger partial charge in [0, 0.05) is 5.56 Å². The molecule has 2 rings (SSSR count). The number of hydrogen-bond donors (Lipinski definition) is 0. The first kappa shape index (κ1) is 16.5. The van der Waals surface area contributed by atoms with Gasteiger partial charge in [-0.15, -0.1) is 0 Å². The van der Waals surface area contributed by atoms with Gasteiger partial charge in [0.2, 0.25) is 0 Å². The fourth-order valence-corrected chi connectivity index (χ4v) is 3.43. The second-order valence-electron chi connectivity index (χ2n) is 4.49. The number of nitrogens with zero attached hydrogens (tertiary/aromatic N) is 1. The van der Waals surface area contributed by atoms with Crippen molar-refractivity contribution in [3.8, 4) is 5.75 Å². The Morgan fingerprint density at radius 1 is 1.36 bits per heavy atom. The molecule has 1 fully saturated rings. The molecular weight excluding hydrogens is 322 g/mol. The van der Waals surface area contributed by atoms with Crippen molar-refractivity contribution >= 4 is 46.3 Å². The quantitative estimate of drug-likeness (QED) is 0.478. The second-order valence-corrected chi connectivity index (χ2v) is 6.17. The molecule has 1 atom stereocenters. The third kappa shape index (κ3) is 3.15. The molecule has 1 aromatic rings. The van der Waals surface area contributed by atoms with E-state index in [2.05, 4.69) is 4.74 Å². The molecule has 0 N–H and O–H groups in total. The Hall–Kier alpha value is -1.86. The van der Waals surface area contributed by atoms with Crippen LogP contribution in [0.4, 0.5) is 0 Å². The van der Waals surface area contributed by atoms with Gasteiger partial charge in [-0.1, -0.05) is 42.2 Å². The van der Waals surface area contributed by atoms with Gasteiger partial charge in [-0.05, 0) is 19.1 Å². The van der Waals surface area contributed by atoms with Crippen molar-refractivity contribution in [2.75, 3.05) is 14.2 Å². The van der Waals surface area contributed by atoms with Gasteiger partial charge < -0.3 is 9.47 Å². The zero-order valence-electron chi connectivity index (χ0n) is 12.4. The molecule has 22 heavy (non-hydrogen) atoms. The molecule has 1 amide bonds. The first-order valence-corrected chi connectivity index (χ1v) is 7.70. The number of para-hydroxylation sites is 1. The molecule has 1 aliphatic heterocycles. The minimum Gasteiger partial charge on any atom is -0.496 e. The average Bonchev–Trinajstić information content (AvgIpc) is 2.80. The number of thiocarbonyl (C=S) groups is 1. The molecule has 0 unspecified atom stereocenters. The van der Waals surface area contributed by atoms with E-state index in [9.17, 15) is 9.59 Å². The van der Waals surface area contributed by atoms with E-state index in [0.29, 0.717) is 15.0 Å². The number of hydrogen-bond acceptors (Lipinski definition) is 6. The van der Waals surface area contributed by atoms with Gasteiger partial charge in [-0.25, -0.2) is 4.79 Å². The van der Waals surface area contributed by atoms with Crippen LogP contribution in [0.25, 0.3) is 6.08 Å².